The first-order chi connectivity index (χ1) is 16.2. The number of aliphatic carboxylic acids is 2. The van der Waals surface area contributed by atoms with E-state index >= 15 is 0 Å². The van der Waals surface area contributed by atoms with Gasteiger partial charge in [0.15, 0.2) is 0 Å². The van der Waals surface area contributed by atoms with Crippen molar-refractivity contribution in [1.29, 1.82) is 0 Å². The molecule has 2 saturated heterocycles. The summed E-state index contributed by atoms with van der Waals surface area (Å²) in [4.78, 5) is 70.9. The van der Waals surface area contributed by atoms with Gasteiger partial charge in [-0.1, -0.05) is 0 Å². The van der Waals surface area contributed by atoms with Gasteiger partial charge < -0.3 is 36.0 Å². The van der Waals surface area contributed by atoms with E-state index in [0.29, 0.717) is 44.5 Å². The van der Waals surface area contributed by atoms with Crippen molar-refractivity contribution in [1.82, 2.24) is 25.1 Å². The number of amides is 3. The number of likely N-dealkylation sites (tertiary alicyclic amines) is 2. The van der Waals surface area contributed by atoms with Crippen molar-refractivity contribution in [3.63, 3.8) is 0 Å². The Morgan fingerprint density at radius 1 is 1.12 bits per heavy atom. The smallest absolute Gasteiger partial charge is 0.326 e. The van der Waals surface area contributed by atoms with Crippen molar-refractivity contribution < 1.29 is 34.2 Å². The summed E-state index contributed by atoms with van der Waals surface area (Å²) < 4.78 is 0. The number of carboxylic acid groups (broad SMARTS) is 2. The van der Waals surface area contributed by atoms with Gasteiger partial charge in [-0.25, -0.2) is 9.78 Å². The van der Waals surface area contributed by atoms with E-state index in [9.17, 15) is 29.1 Å². The fourth-order valence-electron chi connectivity index (χ4n) is 4.48. The summed E-state index contributed by atoms with van der Waals surface area (Å²) in [5, 5.41) is 20.9. The molecule has 6 N–H and O–H groups in total. The molecule has 2 aliphatic rings. The number of aromatic amines is 1. The minimum absolute atomic E-state index is 0.0148. The van der Waals surface area contributed by atoms with E-state index in [1.165, 1.54) is 22.3 Å². The Morgan fingerprint density at radius 2 is 1.79 bits per heavy atom. The van der Waals surface area contributed by atoms with Gasteiger partial charge >= 0.3 is 11.9 Å². The molecule has 1 aromatic rings. The Bertz CT molecular complexity index is 921. The highest BCUT2D eigenvalue weighted by Crippen LogP contribution is 2.26. The molecule has 3 amide bonds. The van der Waals surface area contributed by atoms with Gasteiger partial charge in [-0.3, -0.25) is 19.2 Å². The van der Waals surface area contributed by atoms with E-state index in [1.807, 2.05) is 0 Å². The fraction of sp³-hybridized carbons (Fsp3) is 0.619. The fourth-order valence-corrected chi connectivity index (χ4v) is 4.48. The van der Waals surface area contributed by atoms with E-state index in [1.54, 1.807) is 0 Å². The number of aromatic nitrogens is 2. The summed E-state index contributed by atoms with van der Waals surface area (Å²) in [6.07, 6.45) is 4.57. The van der Waals surface area contributed by atoms with Crippen LogP contribution in [0.5, 0.6) is 0 Å². The van der Waals surface area contributed by atoms with E-state index < -0.39 is 47.9 Å². The molecule has 1 aromatic heterocycles. The molecule has 4 atom stereocenters. The summed E-state index contributed by atoms with van der Waals surface area (Å²) >= 11 is 0. The van der Waals surface area contributed by atoms with Crippen molar-refractivity contribution in [3.8, 4) is 0 Å². The molecule has 3 heterocycles. The molecule has 2 fully saturated rings. The number of nitrogens with one attached hydrogen (secondary N) is 2. The third-order valence-corrected chi connectivity index (χ3v) is 6.24. The normalized spacial score (nSPS) is 21.8. The lowest BCUT2D eigenvalue weighted by molar-refractivity contribution is -0.148. The number of nitrogens with two attached hydrogens (primary N) is 1. The standard InChI is InChI=1S/C21H30N6O7/c22-13(5-6-17(28)29)19(31)27-8-2-4-16(27)20(32)26-7-1-3-15(26)18(30)25-14(21(33)34)9-12-10-23-11-24-12/h10-11,13-16H,1-9,22H2,(H,23,24)(H,25,30)(H,28,29)(H,33,34). The lowest BCUT2D eigenvalue weighted by Gasteiger charge is -2.32. The zero-order valence-corrected chi connectivity index (χ0v) is 18.7. The van der Waals surface area contributed by atoms with Gasteiger partial charge in [-0.05, 0) is 32.1 Å². The van der Waals surface area contributed by atoms with Crippen LogP contribution in [0.1, 0.15) is 44.2 Å². The van der Waals surface area contributed by atoms with Crippen molar-refractivity contribution in [2.75, 3.05) is 13.1 Å². The molecular formula is C21H30N6O7. The minimum atomic E-state index is -1.21. The van der Waals surface area contributed by atoms with Crippen LogP contribution in [0.4, 0.5) is 0 Å². The minimum Gasteiger partial charge on any atom is -0.481 e. The largest absolute Gasteiger partial charge is 0.481 e. The molecule has 4 unspecified atom stereocenters. The Morgan fingerprint density at radius 3 is 2.41 bits per heavy atom. The number of rotatable bonds is 10. The van der Waals surface area contributed by atoms with Crippen molar-refractivity contribution in [2.45, 2.75) is 69.1 Å². The lowest BCUT2D eigenvalue weighted by atomic mass is 10.1. The molecule has 13 nitrogen and oxygen atoms in total. The number of carbonyl (C=O) groups is 5. The molecule has 0 spiro atoms. The second-order valence-corrected chi connectivity index (χ2v) is 8.60. The Balaban J connectivity index is 1.65. The first-order valence-electron chi connectivity index (χ1n) is 11.3. The SMILES string of the molecule is NC(CCC(=O)O)C(=O)N1CCCC1C(=O)N1CCCC1C(=O)NC(Cc1cnc[nH]1)C(=O)O. The third kappa shape index (κ3) is 5.90. The molecule has 0 aromatic carbocycles. The van der Waals surface area contributed by atoms with Crippen LogP contribution in [0.15, 0.2) is 12.5 Å². The lowest BCUT2D eigenvalue weighted by Crippen LogP contribution is -2.56. The summed E-state index contributed by atoms with van der Waals surface area (Å²) in [6, 6.07) is -3.84. The Labute approximate surface area is 195 Å². The van der Waals surface area contributed by atoms with Crippen LogP contribution in [0.2, 0.25) is 0 Å². The maximum atomic E-state index is 13.3. The molecule has 0 aliphatic carbocycles. The third-order valence-electron chi connectivity index (χ3n) is 6.24. The average Bonchev–Trinajstić information content (AvgIpc) is 3.57. The van der Waals surface area contributed by atoms with Crippen molar-refractivity contribution in [2.24, 2.45) is 5.73 Å². The Kier molecular flexibility index (Phi) is 8.21. The van der Waals surface area contributed by atoms with Crippen LogP contribution >= 0.6 is 0 Å². The first-order valence-corrected chi connectivity index (χ1v) is 11.3. The van der Waals surface area contributed by atoms with E-state index in [2.05, 4.69) is 15.3 Å². The van der Waals surface area contributed by atoms with E-state index in [4.69, 9.17) is 10.8 Å². The maximum absolute atomic E-state index is 13.3. The zero-order chi connectivity index (χ0) is 24.8. The molecule has 13 heteroatoms. The predicted molar refractivity (Wildman–Crippen MR) is 116 cm³/mol. The zero-order valence-electron chi connectivity index (χ0n) is 18.7. The van der Waals surface area contributed by atoms with Crippen molar-refractivity contribution in [3.05, 3.63) is 18.2 Å². The molecule has 3 rings (SSSR count). The molecule has 2 aliphatic heterocycles. The van der Waals surface area contributed by atoms with Crippen LogP contribution in [0, 0.1) is 0 Å². The number of carbonyl (C=O) groups excluding carboxylic acids is 3. The van der Waals surface area contributed by atoms with E-state index in [0.717, 1.165) is 0 Å². The van der Waals surface area contributed by atoms with Crippen LogP contribution in [-0.4, -0.2) is 96.9 Å². The van der Waals surface area contributed by atoms with Gasteiger partial charge in [0.1, 0.15) is 18.1 Å². The monoisotopic (exact) mass is 478 g/mol. The number of H-pyrrole nitrogens is 1. The van der Waals surface area contributed by atoms with Gasteiger partial charge in [0, 0.05) is 37.8 Å². The van der Waals surface area contributed by atoms with Gasteiger partial charge in [-0.15, -0.1) is 0 Å². The van der Waals surface area contributed by atoms with Gasteiger partial charge in [0.2, 0.25) is 17.7 Å². The number of nitrogens with zero attached hydrogens (tertiary/aromatic N) is 3. The average molecular weight is 479 g/mol. The summed E-state index contributed by atoms with van der Waals surface area (Å²) in [6.45, 7) is 0.644. The summed E-state index contributed by atoms with van der Waals surface area (Å²) in [5.41, 5.74) is 6.42. The van der Waals surface area contributed by atoms with Gasteiger partial charge in [0.05, 0.1) is 12.4 Å². The molecule has 186 valence electrons. The topological polar surface area (TPSA) is 199 Å². The summed E-state index contributed by atoms with van der Waals surface area (Å²) in [5.74, 6) is -3.69. The molecule has 0 saturated carbocycles. The Hall–Kier alpha value is -3.48. The van der Waals surface area contributed by atoms with Gasteiger partial charge in [-0.2, -0.15) is 0 Å². The number of hydrogen-bond acceptors (Lipinski definition) is 7. The second kappa shape index (κ2) is 11.1. The number of carboxylic acids is 2. The quantitative estimate of drug-likeness (QED) is 0.271. The van der Waals surface area contributed by atoms with Crippen LogP contribution in [0.25, 0.3) is 0 Å². The molecule has 0 bridgehead atoms. The highest BCUT2D eigenvalue weighted by atomic mass is 16.4. The second-order valence-electron chi connectivity index (χ2n) is 8.60. The van der Waals surface area contributed by atoms with Crippen LogP contribution in [-0.2, 0) is 30.4 Å². The van der Waals surface area contributed by atoms with Crippen LogP contribution < -0.4 is 11.1 Å². The summed E-state index contributed by atoms with van der Waals surface area (Å²) in [7, 11) is 0. The molecular weight excluding hydrogens is 448 g/mol. The number of imidazole rings is 1. The molecule has 34 heavy (non-hydrogen) atoms. The van der Waals surface area contributed by atoms with E-state index in [-0.39, 0.29) is 25.2 Å². The van der Waals surface area contributed by atoms with Crippen LogP contribution in [0.3, 0.4) is 0 Å². The predicted octanol–water partition coefficient (Wildman–Crippen LogP) is -1.30. The number of hydrogen-bond donors (Lipinski definition) is 5. The van der Waals surface area contributed by atoms with Crippen molar-refractivity contribution >= 4 is 29.7 Å². The maximum Gasteiger partial charge on any atom is 0.326 e. The first kappa shape index (κ1) is 25.1. The highest BCUT2D eigenvalue weighted by molar-refractivity contribution is 5.95. The molecule has 0 radical (unpaired) electrons. The highest BCUT2D eigenvalue weighted by Gasteiger charge is 2.43. The van der Waals surface area contributed by atoms with Gasteiger partial charge in [0.25, 0.3) is 0 Å².